The first-order valence-electron chi connectivity index (χ1n) is 5.34. The average Bonchev–Trinajstić information content (AvgIpc) is 2.21. The highest BCUT2D eigenvalue weighted by molar-refractivity contribution is 5.27. The van der Waals surface area contributed by atoms with E-state index in [9.17, 15) is 17.6 Å². The van der Waals surface area contributed by atoms with E-state index in [-0.39, 0.29) is 18.8 Å². The highest BCUT2D eigenvalue weighted by atomic mass is 19.4. The van der Waals surface area contributed by atoms with E-state index in [1.165, 1.54) is 6.07 Å². The van der Waals surface area contributed by atoms with E-state index in [4.69, 9.17) is 4.74 Å². The van der Waals surface area contributed by atoms with Gasteiger partial charge in [0.25, 0.3) is 0 Å². The Bertz CT molecular complexity index is 360. The summed E-state index contributed by atoms with van der Waals surface area (Å²) in [6.07, 6.45) is -4.60. The molecule has 17 heavy (non-hydrogen) atoms. The summed E-state index contributed by atoms with van der Waals surface area (Å²) in [5, 5.41) is 0. The summed E-state index contributed by atoms with van der Waals surface area (Å²) in [5.41, 5.74) is 0.509. The van der Waals surface area contributed by atoms with Crippen molar-refractivity contribution in [3.63, 3.8) is 0 Å². The van der Waals surface area contributed by atoms with Gasteiger partial charge in [0, 0.05) is 12.5 Å². The van der Waals surface area contributed by atoms with Crippen LogP contribution in [0.5, 0.6) is 5.75 Å². The molecule has 0 heterocycles. The van der Waals surface area contributed by atoms with E-state index in [0.717, 1.165) is 0 Å². The summed E-state index contributed by atoms with van der Waals surface area (Å²) < 4.78 is 53.7. The Balaban J connectivity index is 2.25. The van der Waals surface area contributed by atoms with Crippen LogP contribution >= 0.6 is 0 Å². The Kier molecular flexibility index (Phi) is 4.78. The van der Waals surface area contributed by atoms with Crippen molar-refractivity contribution in [3.8, 4) is 5.75 Å². The van der Waals surface area contributed by atoms with Gasteiger partial charge in [0.05, 0.1) is 6.61 Å². The molecule has 0 fully saturated rings. The number of unbranched alkanes of at least 4 members (excludes halogenated alkanes) is 1. The van der Waals surface area contributed by atoms with E-state index in [2.05, 4.69) is 0 Å². The molecule has 0 aliphatic rings. The van der Waals surface area contributed by atoms with Crippen LogP contribution in [0.15, 0.2) is 18.2 Å². The maximum atomic E-state index is 13.1. The highest BCUT2D eigenvalue weighted by Crippen LogP contribution is 2.22. The Morgan fingerprint density at radius 1 is 1.18 bits per heavy atom. The summed E-state index contributed by atoms with van der Waals surface area (Å²) in [7, 11) is 0. The maximum absolute atomic E-state index is 13.1. The largest absolute Gasteiger partial charge is 0.493 e. The standard InChI is InChI=1S/C12H14F4O/c1-9-4-5-10(8-11(9)13)17-7-3-2-6-12(14,15)16/h4-5,8H,2-3,6-7H2,1H3. The Labute approximate surface area is 97.4 Å². The number of rotatable bonds is 5. The van der Waals surface area contributed by atoms with Crippen LogP contribution < -0.4 is 4.74 Å². The van der Waals surface area contributed by atoms with Gasteiger partial charge in [-0.3, -0.25) is 0 Å². The van der Waals surface area contributed by atoms with Crippen LogP contribution in [0.2, 0.25) is 0 Å². The summed E-state index contributed by atoms with van der Waals surface area (Å²) in [4.78, 5) is 0. The van der Waals surface area contributed by atoms with Crippen molar-refractivity contribution in [2.45, 2.75) is 32.4 Å². The van der Waals surface area contributed by atoms with Gasteiger partial charge in [0.15, 0.2) is 0 Å². The van der Waals surface area contributed by atoms with Gasteiger partial charge in [-0.15, -0.1) is 0 Å². The molecule has 0 N–H and O–H groups in total. The molecule has 0 atom stereocenters. The SMILES string of the molecule is Cc1ccc(OCCCCC(F)(F)F)cc1F. The van der Waals surface area contributed by atoms with Gasteiger partial charge in [-0.2, -0.15) is 13.2 Å². The third kappa shape index (κ3) is 5.56. The molecule has 0 aliphatic carbocycles. The zero-order chi connectivity index (χ0) is 12.9. The normalized spacial score (nSPS) is 11.6. The number of ether oxygens (including phenoxy) is 1. The quantitative estimate of drug-likeness (QED) is 0.561. The van der Waals surface area contributed by atoms with Crippen LogP contribution in [0.3, 0.4) is 0 Å². The second kappa shape index (κ2) is 5.89. The molecule has 0 unspecified atom stereocenters. The van der Waals surface area contributed by atoms with Crippen molar-refractivity contribution in [2.75, 3.05) is 6.61 Å². The van der Waals surface area contributed by atoms with Crippen molar-refractivity contribution < 1.29 is 22.3 Å². The molecule has 0 aliphatic heterocycles. The van der Waals surface area contributed by atoms with Crippen LogP contribution in [-0.4, -0.2) is 12.8 Å². The summed E-state index contributed by atoms with van der Waals surface area (Å²) in [6.45, 7) is 1.79. The van der Waals surface area contributed by atoms with Crippen LogP contribution in [0.1, 0.15) is 24.8 Å². The molecular formula is C12H14F4O. The van der Waals surface area contributed by atoms with Crippen molar-refractivity contribution in [2.24, 2.45) is 0 Å². The number of aryl methyl sites for hydroxylation is 1. The highest BCUT2D eigenvalue weighted by Gasteiger charge is 2.25. The summed E-state index contributed by atoms with van der Waals surface area (Å²) >= 11 is 0. The smallest absolute Gasteiger partial charge is 0.389 e. The number of halogens is 4. The summed E-state index contributed by atoms with van der Waals surface area (Å²) in [6, 6.07) is 4.40. The fourth-order valence-corrected chi connectivity index (χ4v) is 1.28. The van der Waals surface area contributed by atoms with Crippen molar-refractivity contribution >= 4 is 0 Å². The molecule has 0 radical (unpaired) electrons. The van der Waals surface area contributed by atoms with Gasteiger partial charge < -0.3 is 4.74 Å². The van der Waals surface area contributed by atoms with Gasteiger partial charge in [0.1, 0.15) is 11.6 Å². The minimum Gasteiger partial charge on any atom is -0.493 e. The molecule has 0 bridgehead atoms. The predicted molar refractivity (Wildman–Crippen MR) is 56.5 cm³/mol. The molecule has 5 heteroatoms. The van der Waals surface area contributed by atoms with Crippen LogP contribution in [0.25, 0.3) is 0 Å². The summed E-state index contributed by atoms with van der Waals surface area (Å²) in [5.74, 6) is -0.0297. The van der Waals surface area contributed by atoms with Crippen LogP contribution in [0, 0.1) is 12.7 Å². The third-order valence-electron chi connectivity index (χ3n) is 2.27. The predicted octanol–water partition coefficient (Wildman–Crippen LogP) is 4.25. The fourth-order valence-electron chi connectivity index (χ4n) is 1.28. The maximum Gasteiger partial charge on any atom is 0.389 e. The van der Waals surface area contributed by atoms with Crippen LogP contribution in [-0.2, 0) is 0 Å². The Hall–Kier alpha value is -1.26. The Morgan fingerprint density at radius 3 is 2.47 bits per heavy atom. The van der Waals surface area contributed by atoms with Crippen molar-refractivity contribution in [3.05, 3.63) is 29.6 Å². The number of hydrogen-bond donors (Lipinski definition) is 0. The first-order chi connectivity index (χ1) is 7.88. The molecule has 0 saturated heterocycles. The van der Waals surface area contributed by atoms with Crippen molar-refractivity contribution in [1.29, 1.82) is 0 Å². The number of benzene rings is 1. The molecule has 0 aromatic heterocycles. The van der Waals surface area contributed by atoms with Crippen molar-refractivity contribution in [1.82, 2.24) is 0 Å². The minimum absolute atomic E-state index is 0.0256. The molecule has 1 rings (SSSR count). The van der Waals surface area contributed by atoms with Gasteiger partial charge in [0.2, 0.25) is 0 Å². The molecule has 0 saturated carbocycles. The molecule has 96 valence electrons. The molecule has 0 amide bonds. The lowest BCUT2D eigenvalue weighted by atomic mass is 10.2. The third-order valence-corrected chi connectivity index (χ3v) is 2.27. The zero-order valence-electron chi connectivity index (χ0n) is 9.48. The zero-order valence-corrected chi connectivity index (χ0v) is 9.48. The van der Waals surface area contributed by atoms with E-state index < -0.39 is 12.6 Å². The lowest BCUT2D eigenvalue weighted by molar-refractivity contribution is -0.135. The van der Waals surface area contributed by atoms with Gasteiger partial charge in [-0.25, -0.2) is 4.39 Å². The molecule has 0 spiro atoms. The lowest BCUT2D eigenvalue weighted by Crippen LogP contribution is -2.07. The number of hydrogen-bond acceptors (Lipinski definition) is 1. The molecule has 1 nitrogen and oxygen atoms in total. The van der Waals surface area contributed by atoms with Gasteiger partial charge in [-0.05, 0) is 31.4 Å². The van der Waals surface area contributed by atoms with Gasteiger partial charge in [-0.1, -0.05) is 6.07 Å². The molecular weight excluding hydrogens is 236 g/mol. The average molecular weight is 250 g/mol. The molecule has 1 aromatic carbocycles. The monoisotopic (exact) mass is 250 g/mol. The van der Waals surface area contributed by atoms with E-state index in [1.807, 2.05) is 0 Å². The van der Waals surface area contributed by atoms with E-state index in [0.29, 0.717) is 17.7 Å². The lowest BCUT2D eigenvalue weighted by Gasteiger charge is -2.08. The second-order valence-electron chi connectivity index (χ2n) is 3.83. The number of alkyl halides is 3. The molecule has 1 aromatic rings. The second-order valence-corrected chi connectivity index (χ2v) is 3.83. The van der Waals surface area contributed by atoms with E-state index in [1.54, 1.807) is 19.1 Å². The van der Waals surface area contributed by atoms with Crippen LogP contribution in [0.4, 0.5) is 17.6 Å². The first-order valence-corrected chi connectivity index (χ1v) is 5.34. The minimum atomic E-state index is -4.12. The Morgan fingerprint density at radius 2 is 1.88 bits per heavy atom. The van der Waals surface area contributed by atoms with E-state index >= 15 is 0 Å². The first kappa shape index (κ1) is 13.8. The fraction of sp³-hybridized carbons (Fsp3) is 0.500. The van der Waals surface area contributed by atoms with Gasteiger partial charge >= 0.3 is 6.18 Å². The topological polar surface area (TPSA) is 9.23 Å².